The molecule has 9 rings (SSSR count). The summed E-state index contributed by atoms with van der Waals surface area (Å²) in [6.07, 6.45) is 13.1. The Morgan fingerprint density at radius 3 is 2.11 bits per heavy atom. The maximum Gasteiger partial charge on any atom is 0.136 e. The Morgan fingerprint density at radius 2 is 1.30 bits per heavy atom. The van der Waals surface area contributed by atoms with E-state index in [1.807, 2.05) is 54.6 Å². The van der Waals surface area contributed by atoms with Gasteiger partial charge in [-0.2, -0.15) is 0 Å². The summed E-state index contributed by atoms with van der Waals surface area (Å²) in [6, 6.07) is 48.3. The maximum absolute atomic E-state index is 6.43. The largest absolute Gasteiger partial charge is 0.456 e. The van der Waals surface area contributed by atoms with E-state index in [0.29, 0.717) is 0 Å². The number of para-hydroxylation sites is 2. The Bertz CT molecular complexity index is 3050. The average Bonchev–Trinajstić information content (AvgIpc) is 3.81. The van der Waals surface area contributed by atoms with Gasteiger partial charge in [0.2, 0.25) is 0 Å². The molecule has 0 saturated heterocycles. The minimum Gasteiger partial charge on any atom is -0.456 e. The zero-order chi connectivity index (χ0) is 36.6. The molecule has 0 fully saturated rings. The lowest BCUT2D eigenvalue weighted by atomic mass is 9.90. The number of hydrogen-bond donors (Lipinski definition) is 0. The van der Waals surface area contributed by atoms with Crippen molar-refractivity contribution >= 4 is 62.3 Å². The molecular weight excluding hydrogens is 657 g/mol. The van der Waals surface area contributed by atoms with Crippen LogP contribution in [0.15, 0.2) is 191 Å². The number of furan rings is 2. The van der Waals surface area contributed by atoms with Crippen molar-refractivity contribution < 1.29 is 8.83 Å². The van der Waals surface area contributed by atoms with Crippen molar-refractivity contribution in [3.8, 4) is 11.3 Å². The number of benzene rings is 6. The summed E-state index contributed by atoms with van der Waals surface area (Å²) in [5, 5.41) is 7.53. The van der Waals surface area contributed by atoms with E-state index >= 15 is 0 Å². The molecule has 1 aliphatic rings. The van der Waals surface area contributed by atoms with Gasteiger partial charge in [-0.1, -0.05) is 153 Å². The van der Waals surface area contributed by atoms with E-state index in [2.05, 4.69) is 135 Å². The lowest BCUT2D eigenvalue weighted by Gasteiger charge is -2.13. The third kappa shape index (κ3) is 6.08. The molecule has 1 aliphatic carbocycles. The molecule has 0 atom stereocenters. The van der Waals surface area contributed by atoms with Crippen molar-refractivity contribution in [2.24, 2.45) is 0 Å². The fraction of sp³-hybridized carbons (Fsp3) is 0.0385. The summed E-state index contributed by atoms with van der Waals surface area (Å²) in [7, 11) is 0. The van der Waals surface area contributed by atoms with Gasteiger partial charge in [-0.25, -0.2) is 0 Å². The fourth-order valence-electron chi connectivity index (χ4n) is 7.55. The highest BCUT2D eigenvalue weighted by Crippen LogP contribution is 2.40. The van der Waals surface area contributed by atoms with Crippen molar-refractivity contribution in [1.29, 1.82) is 0 Å². The van der Waals surface area contributed by atoms with E-state index in [9.17, 15) is 0 Å². The van der Waals surface area contributed by atoms with Crippen LogP contribution in [0.25, 0.3) is 73.6 Å². The second-order valence-electron chi connectivity index (χ2n) is 13.8. The molecule has 2 nitrogen and oxygen atoms in total. The number of fused-ring (bicyclic) bond motifs is 5. The van der Waals surface area contributed by atoms with Crippen molar-refractivity contribution in [2.45, 2.75) is 12.8 Å². The molecule has 0 unspecified atom stereocenters. The molecular formula is C52H38O2. The zero-order valence-electron chi connectivity index (χ0n) is 30.0. The Morgan fingerprint density at radius 1 is 0.593 bits per heavy atom. The smallest absolute Gasteiger partial charge is 0.136 e. The second-order valence-corrected chi connectivity index (χ2v) is 13.8. The molecule has 0 amide bonds. The zero-order valence-corrected chi connectivity index (χ0v) is 30.0. The van der Waals surface area contributed by atoms with E-state index in [4.69, 9.17) is 8.83 Å². The molecule has 2 heteroatoms. The Labute approximate surface area is 314 Å². The van der Waals surface area contributed by atoms with Gasteiger partial charge in [-0.15, -0.1) is 0 Å². The van der Waals surface area contributed by atoms with Gasteiger partial charge >= 0.3 is 0 Å². The molecule has 54 heavy (non-hydrogen) atoms. The Kier molecular flexibility index (Phi) is 8.49. The first-order valence-corrected chi connectivity index (χ1v) is 18.4. The number of hydrogen-bond acceptors (Lipinski definition) is 2. The predicted molar refractivity (Wildman–Crippen MR) is 227 cm³/mol. The Balaban J connectivity index is 1.18. The first kappa shape index (κ1) is 33.0. The van der Waals surface area contributed by atoms with Crippen LogP contribution in [0, 0.1) is 0 Å². The van der Waals surface area contributed by atoms with E-state index < -0.39 is 0 Å². The summed E-state index contributed by atoms with van der Waals surface area (Å²) in [4.78, 5) is 0. The fourth-order valence-corrected chi connectivity index (χ4v) is 7.55. The average molecular weight is 695 g/mol. The lowest BCUT2D eigenvalue weighted by Crippen LogP contribution is -2.29. The van der Waals surface area contributed by atoms with Gasteiger partial charge in [-0.3, -0.25) is 0 Å². The van der Waals surface area contributed by atoms with Gasteiger partial charge in [-0.05, 0) is 109 Å². The molecule has 0 aliphatic heterocycles. The van der Waals surface area contributed by atoms with Gasteiger partial charge in [0.25, 0.3) is 0 Å². The van der Waals surface area contributed by atoms with Gasteiger partial charge < -0.3 is 8.83 Å². The van der Waals surface area contributed by atoms with Crippen molar-refractivity contribution in [3.05, 3.63) is 220 Å². The lowest BCUT2D eigenvalue weighted by molar-refractivity contribution is 0.630. The van der Waals surface area contributed by atoms with Crippen LogP contribution < -0.4 is 20.9 Å². The van der Waals surface area contributed by atoms with Crippen LogP contribution in [0.1, 0.15) is 29.5 Å². The predicted octanol–water partition coefficient (Wildman–Crippen LogP) is 10.8. The SMILES string of the molecule is C=C(/C=c1/ccccc1=C)C1=c2\cccc\c2=C(c2ccc(C(=C)c3cc4c(cc3-c3cc5ccccc5o3)oc3ccccc34)cc2)\C=C\CC\C=C\1. The summed E-state index contributed by atoms with van der Waals surface area (Å²) >= 11 is 0. The summed E-state index contributed by atoms with van der Waals surface area (Å²) in [5.74, 6) is 0.781. The monoisotopic (exact) mass is 694 g/mol. The van der Waals surface area contributed by atoms with Crippen LogP contribution >= 0.6 is 0 Å². The van der Waals surface area contributed by atoms with E-state index in [-0.39, 0.29) is 0 Å². The van der Waals surface area contributed by atoms with Gasteiger partial charge in [0, 0.05) is 21.7 Å². The van der Waals surface area contributed by atoms with Crippen molar-refractivity contribution in [3.63, 3.8) is 0 Å². The number of rotatable bonds is 6. The highest BCUT2D eigenvalue weighted by atomic mass is 16.3. The molecule has 2 aromatic heterocycles. The van der Waals surface area contributed by atoms with Gasteiger partial charge in [0.15, 0.2) is 0 Å². The maximum atomic E-state index is 6.43. The van der Waals surface area contributed by atoms with Gasteiger partial charge in [0.1, 0.15) is 22.5 Å². The van der Waals surface area contributed by atoms with Gasteiger partial charge in [0.05, 0.1) is 0 Å². The highest BCUT2D eigenvalue weighted by Gasteiger charge is 2.19. The highest BCUT2D eigenvalue weighted by molar-refractivity contribution is 6.08. The third-order valence-corrected chi connectivity index (χ3v) is 10.4. The molecule has 8 aromatic rings. The first-order chi connectivity index (χ1) is 26.5. The molecule has 0 saturated carbocycles. The van der Waals surface area contributed by atoms with Crippen LogP contribution in [0.4, 0.5) is 0 Å². The minimum absolute atomic E-state index is 0.781. The molecule has 6 aromatic carbocycles. The van der Waals surface area contributed by atoms with Crippen molar-refractivity contribution in [1.82, 2.24) is 0 Å². The molecule has 0 radical (unpaired) electrons. The van der Waals surface area contributed by atoms with Crippen LogP contribution in [0.5, 0.6) is 0 Å². The number of allylic oxidation sites excluding steroid dienone is 5. The van der Waals surface area contributed by atoms with Crippen LogP contribution in [0.2, 0.25) is 0 Å². The second kappa shape index (κ2) is 13.9. The van der Waals surface area contributed by atoms with Crippen LogP contribution in [0.3, 0.4) is 0 Å². The van der Waals surface area contributed by atoms with E-state index in [1.54, 1.807) is 0 Å². The Hall–Kier alpha value is -6.90. The molecule has 0 bridgehead atoms. The van der Waals surface area contributed by atoms with Crippen LogP contribution in [-0.4, -0.2) is 0 Å². The summed E-state index contributed by atoms with van der Waals surface area (Å²) in [5.41, 5.74) is 10.8. The summed E-state index contributed by atoms with van der Waals surface area (Å²) < 4.78 is 12.8. The first-order valence-electron chi connectivity index (χ1n) is 18.4. The van der Waals surface area contributed by atoms with E-state index in [1.165, 1.54) is 0 Å². The molecule has 0 N–H and O–H groups in total. The third-order valence-electron chi connectivity index (χ3n) is 10.4. The summed E-state index contributed by atoms with van der Waals surface area (Å²) in [6.45, 7) is 13.5. The standard InChI is InChI=1S/C52H38O2/c1-34-16-8-9-17-39(34)30-35(2)41-19-6-4-5-7-20-42(44-22-12-11-21-43(41)44)38-28-26-37(27-29-38)36(3)46-32-47-45-23-13-15-25-50(45)54-52(47)33-48(46)51-31-40-18-10-14-24-49(40)53-51/h6-33H,1-5H2/b19-6+,20-7+,39-30-,43-41+,44-42+. The van der Waals surface area contributed by atoms with E-state index in [0.717, 1.165) is 117 Å². The minimum atomic E-state index is 0.781. The molecule has 2 heterocycles. The van der Waals surface area contributed by atoms with Crippen molar-refractivity contribution in [2.75, 3.05) is 0 Å². The normalized spacial score (nSPS) is 16.7. The molecule has 258 valence electrons. The quantitative estimate of drug-likeness (QED) is 0.173. The topological polar surface area (TPSA) is 26.3 Å². The molecule has 0 spiro atoms. The van der Waals surface area contributed by atoms with Crippen LogP contribution in [-0.2, 0) is 0 Å².